The third kappa shape index (κ3) is 3.49. The first-order chi connectivity index (χ1) is 13.5. The van der Waals surface area contributed by atoms with E-state index in [-0.39, 0.29) is 11.7 Å². The molecule has 0 aromatic heterocycles. The molecule has 0 unspecified atom stereocenters. The monoisotopic (exact) mass is 379 g/mol. The van der Waals surface area contributed by atoms with Crippen LogP contribution in [0.15, 0.2) is 42.5 Å². The Morgan fingerprint density at radius 3 is 2.71 bits per heavy atom. The van der Waals surface area contributed by atoms with Crippen molar-refractivity contribution in [2.45, 2.75) is 38.7 Å². The molecule has 0 radical (unpaired) electrons. The number of aryl methyl sites for hydroxylation is 1. The maximum Gasteiger partial charge on any atom is 0.253 e. The van der Waals surface area contributed by atoms with Crippen molar-refractivity contribution < 1.29 is 19.1 Å². The molecule has 2 aromatic carbocycles. The fourth-order valence-corrected chi connectivity index (χ4v) is 4.07. The Morgan fingerprint density at radius 1 is 1.18 bits per heavy atom. The van der Waals surface area contributed by atoms with E-state index in [2.05, 4.69) is 0 Å². The number of ketones is 1. The Labute approximate surface area is 165 Å². The van der Waals surface area contributed by atoms with Gasteiger partial charge in [0.15, 0.2) is 5.78 Å². The number of carbonyl (C=O) groups is 2. The van der Waals surface area contributed by atoms with E-state index >= 15 is 0 Å². The van der Waals surface area contributed by atoms with Gasteiger partial charge in [-0.05, 0) is 44.2 Å². The van der Waals surface area contributed by atoms with Gasteiger partial charge >= 0.3 is 0 Å². The predicted molar refractivity (Wildman–Crippen MR) is 106 cm³/mol. The van der Waals surface area contributed by atoms with Crippen LogP contribution in [0.5, 0.6) is 11.5 Å². The van der Waals surface area contributed by atoms with Crippen LogP contribution in [-0.2, 0) is 0 Å². The molecule has 5 nitrogen and oxygen atoms in total. The molecule has 1 fully saturated rings. The van der Waals surface area contributed by atoms with E-state index < -0.39 is 5.60 Å². The summed E-state index contributed by atoms with van der Waals surface area (Å²) in [4.78, 5) is 27.4. The average molecular weight is 379 g/mol. The summed E-state index contributed by atoms with van der Waals surface area (Å²) in [7, 11) is 0. The molecule has 4 rings (SSSR count). The first-order valence-electron chi connectivity index (χ1n) is 9.85. The lowest BCUT2D eigenvalue weighted by molar-refractivity contribution is -0.00573. The number of nitrogens with zero attached hydrogens (tertiary/aromatic N) is 1. The average Bonchev–Trinajstić information content (AvgIpc) is 2.69. The highest BCUT2D eigenvalue weighted by atomic mass is 16.5. The van der Waals surface area contributed by atoms with Gasteiger partial charge in [-0.3, -0.25) is 9.59 Å². The van der Waals surface area contributed by atoms with Gasteiger partial charge in [0.1, 0.15) is 17.1 Å². The number of ether oxygens (including phenoxy) is 2. The quantitative estimate of drug-likeness (QED) is 0.808. The Hall–Kier alpha value is -2.82. The smallest absolute Gasteiger partial charge is 0.253 e. The van der Waals surface area contributed by atoms with E-state index in [9.17, 15) is 9.59 Å². The van der Waals surface area contributed by atoms with Crippen molar-refractivity contribution in [3.8, 4) is 11.5 Å². The molecule has 0 aliphatic carbocycles. The number of fused-ring (bicyclic) bond motifs is 1. The molecule has 2 aromatic rings. The molecule has 5 heteroatoms. The first-order valence-corrected chi connectivity index (χ1v) is 9.85. The van der Waals surface area contributed by atoms with Crippen LogP contribution < -0.4 is 9.47 Å². The number of amides is 1. The number of Topliss-reactive ketones (excluding diaryl/α,β-unsaturated/α-hetero) is 1. The minimum atomic E-state index is -0.497. The van der Waals surface area contributed by atoms with Crippen LogP contribution in [0.4, 0.5) is 0 Å². The molecule has 1 saturated heterocycles. The number of hydrogen-bond donors (Lipinski definition) is 0. The van der Waals surface area contributed by atoms with Crippen LogP contribution in [-0.4, -0.2) is 41.9 Å². The third-order valence-corrected chi connectivity index (χ3v) is 5.60. The molecular formula is C23H25NO4. The maximum absolute atomic E-state index is 12.9. The summed E-state index contributed by atoms with van der Waals surface area (Å²) < 4.78 is 11.8. The Balaban J connectivity index is 1.46. The van der Waals surface area contributed by atoms with E-state index in [4.69, 9.17) is 9.47 Å². The SMILES string of the molecule is CCOc1cccc(C(=O)N2CCC3(CC2)CC(=O)c2cc(C)ccc2O3)c1. The number of piperidine rings is 1. The summed E-state index contributed by atoms with van der Waals surface area (Å²) in [6, 6.07) is 13.0. The number of hydrogen-bond acceptors (Lipinski definition) is 4. The van der Waals surface area contributed by atoms with Crippen molar-refractivity contribution in [3.05, 3.63) is 59.2 Å². The summed E-state index contributed by atoms with van der Waals surface area (Å²) in [6.45, 7) is 5.61. The van der Waals surface area contributed by atoms with Gasteiger partial charge in [-0.15, -0.1) is 0 Å². The number of likely N-dealkylation sites (tertiary alicyclic amines) is 1. The molecule has 1 spiro atoms. The minimum Gasteiger partial charge on any atom is -0.494 e. The standard InChI is InChI=1S/C23H25NO4/c1-3-27-18-6-4-5-17(14-18)22(26)24-11-9-23(10-12-24)15-20(25)19-13-16(2)7-8-21(19)28-23/h4-8,13-14H,3,9-12,15H2,1-2H3. The van der Waals surface area contributed by atoms with Gasteiger partial charge in [0.2, 0.25) is 0 Å². The number of rotatable bonds is 3. The fraction of sp³-hybridized carbons (Fsp3) is 0.391. The molecule has 2 heterocycles. The Kier molecular flexibility index (Phi) is 4.84. The topological polar surface area (TPSA) is 55.8 Å². The lowest BCUT2D eigenvalue weighted by atomic mass is 9.82. The van der Waals surface area contributed by atoms with Crippen molar-refractivity contribution in [2.24, 2.45) is 0 Å². The molecule has 2 aliphatic heterocycles. The van der Waals surface area contributed by atoms with Crippen LogP contribution in [0.2, 0.25) is 0 Å². The van der Waals surface area contributed by atoms with Crippen LogP contribution >= 0.6 is 0 Å². The molecule has 0 N–H and O–H groups in total. The van der Waals surface area contributed by atoms with Crippen LogP contribution in [0.1, 0.15) is 52.5 Å². The fourth-order valence-electron chi connectivity index (χ4n) is 4.07. The van der Waals surface area contributed by atoms with Gasteiger partial charge in [-0.1, -0.05) is 17.7 Å². The van der Waals surface area contributed by atoms with Gasteiger partial charge in [0.05, 0.1) is 18.6 Å². The van der Waals surface area contributed by atoms with Gasteiger partial charge in [-0.25, -0.2) is 0 Å². The second-order valence-electron chi connectivity index (χ2n) is 7.64. The van der Waals surface area contributed by atoms with Crippen molar-refractivity contribution in [1.29, 1.82) is 0 Å². The van der Waals surface area contributed by atoms with Crippen molar-refractivity contribution in [3.63, 3.8) is 0 Å². The highest BCUT2D eigenvalue weighted by molar-refractivity contribution is 6.00. The lowest BCUT2D eigenvalue weighted by Crippen LogP contribution is -2.52. The summed E-state index contributed by atoms with van der Waals surface area (Å²) in [6.07, 6.45) is 1.69. The predicted octanol–water partition coefficient (Wildman–Crippen LogP) is 4.03. The van der Waals surface area contributed by atoms with Crippen molar-refractivity contribution in [2.75, 3.05) is 19.7 Å². The van der Waals surface area contributed by atoms with Crippen molar-refractivity contribution >= 4 is 11.7 Å². The van der Waals surface area contributed by atoms with Gasteiger partial charge in [0, 0.05) is 31.5 Å². The van der Waals surface area contributed by atoms with Gasteiger partial charge in [-0.2, -0.15) is 0 Å². The summed E-state index contributed by atoms with van der Waals surface area (Å²) in [5.74, 6) is 1.50. The van der Waals surface area contributed by atoms with Gasteiger partial charge < -0.3 is 14.4 Å². The minimum absolute atomic E-state index is 0.00503. The largest absolute Gasteiger partial charge is 0.494 e. The number of benzene rings is 2. The molecule has 0 bridgehead atoms. The molecule has 2 aliphatic rings. The van der Waals surface area contributed by atoms with E-state index in [1.807, 2.05) is 55.1 Å². The zero-order valence-corrected chi connectivity index (χ0v) is 16.4. The zero-order chi connectivity index (χ0) is 19.7. The maximum atomic E-state index is 12.9. The normalized spacial score (nSPS) is 17.8. The molecule has 28 heavy (non-hydrogen) atoms. The van der Waals surface area contributed by atoms with Crippen molar-refractivity contribution in [1.82, 2.24) is 4.90 Å². The molecule has 0 saturated carbocycles. The summed E-state index contributed by atoms with van der Waals surface area (Å²) in [5.41, 5.74) is 1.87. The third-order valence-electron chi connectivity index (χ3n) is 5.60. The van der Waals surface area contributed by atoms with E-state index in [1.165, 1.54) is 0 Å². The highest BCUT2D eigenvalue weighted by Crippen LogP contribution is 2.39. The molecule has 146 valence electrons. The van der Waals surface area contributed by atoms with Crippen LogP contribution in [0.3, 0.4) is 0 Å². The molecule has 0 atom stereocenters. The van der Waals surface area contributed by atoms with E-state index in [0.29, 0.717) is 61.6 Å². The van der Waals surface area contributed by atoms with Crippen LogP contribution in [0.25, 0.3) is 0 Å². The first kappa shape index (κ1) is 18.5. The Bertz CT molecular complexity index is 913. The molecule has 1 amide bonds. The van der Waals surface area contributed by atoms with E-state index in [0.717, 1.165) is 5.56 Å². The summed E-state index contributed by atoms with van der Waals surface area (Å²) >= 11 is 0. The highest BCUT2D eigenvalue weighted by Gasteiger charge is 2.43. The second-order valence-corrected chi connectivity index (χ2v) is 7.64. The van der Waals surface area contributed by atoms with Gasteiger partial charge in [0.25, 0.3) is 5.91 Å². The zero-order valence-electron chi connectivity index (χ0n) is 16.4. The summed E-state index contributed by atoms with van der Waals surface area (Å²) in [5, 5.41) is 0. The Morgan fingerprint density at radius 2 is 1.96 bits per heavy atom. The van der Waals surface area contributed by atoms with E-state index in [1.54, 1.807) is 6.07 Å². The number of carbonyl (C=O) groups excluding carboxylic acids is 2. The molecular weight excluding hydrogens is 354 g/mol. The van der Waals surface area contributed by atoms with Crippen LogP contribution in [0, 0.1) is 6.92 Å². The second kappa shape index (κ2) is 7.30. The lowest BCUT2D eigenvalue weighted by Gasteiger charge is -2.44.